The van der Waals surface area contributed by atoms with Crippen LogP contribution in [0.3, 0.4) is 0 Å². The molecule has 0 bridgehead atoms. The van der Waals surface area contributed by atoms with E-state index >= 15 is 0 Å². The van der Waals surface area contributed by atoms with E-state index in [1.807, 2.05) is 24.0 Å². The maximum absolute atomic E-state index is 11.5. The van der Waals surface area contributed by atoms with Gasteiger partial charge in [-0.25, -0.2) is 0 Å². The molecule has 1 fully saturated rings. The molecule has 0 aromatic heterocycles. The second kappa shape index (κ2) is 3.08. The van der Waals surface area contributed by atoms with Gasteiger partial charge in [0.1, 0.15) is 0 Å². The van der Waals surface area contributed by atoms with Gasteiger partial charge in [-0.05, 0) is 25.5 Å². The van der Waals surface area contributed by atoms with Crippen LogP contribution in [0.25, 0.3) is 0 Å². The van der Waals surface area contributed by atoms with Gasteiger partial charge >= 0.3 is 0 Å². The Bertz CT molecular complexity index is 325. The Morgan fingerprint density at radius 3 is 2.57 bits per heavy atom. The van der Waals surface area contributed by atoms with Crippen molar-refractivity contribution in [2.75, 3.05) is 6.54 Å². The van der Waals surface area contributed by atoms with Crippen molar-refractivity contribution in [2.24, 2.45) is 0 Å². The van der Waals surface area contributed by atoms with Gasteiger partial charge in [0.2, 0.25) is 5.91 Å². The summed E-state index contributed by atoms with van der Waals surface area (Å²) < 4.78 is 0. The van der Waals surface area contributed by atoms with E-state index in [-0.39, 0.29) is 17.2 Å². The van der Waals surface area contributed by atoms with Gasteiger partial charge in [0.25, 0.3) is 0 Å². The van der Waals surface area contributed by atoms with Crippen LogP contribution in [-0.4, -0.2) is 28.7 Å². The van der Waals surface area contributed by atoms with Crippen LogP contribution in [0.1, 0.15) is 19.8 Å². The van der Waals surface area contributed by atoms with Gasteiger partial charge < -0.3 is 4.90 Å². The van der Waals surface area contributed by atoms with Gasteiger partial charge in [-0.1, -0.05) is 12.2 Å². The van der Waals surface area contributed by atoms with E-state index in [9.17, 15) is 9.59 Å². The van der Waals surface area contributed by atoms with E-state index in [0.29, 0.717) is 13.0 Å². The second-order valence-electron chi connectivity index (χ2n) is 3.70. The third-order valence-electron chi connectivity index (χ3n) is 2.93. The van der Waals surface area contributed by atoms with E-state index in [2.05, 4.69) is 0 Å². The number of rotatable bonds is 1. The molecule has 0 N–H and O–H groups in total. The summed E-state index contributed by atoms with van der Waals surface area (Å²) in [4.78, 5) is 24.4. The quantitative estimate of drug-likeness (QED) is 0.621. The van der Waals surface area contributed by atoms with E-state index in [1.54, 1.807) is 12.2 Å². The van der Waals surface area contributed by atoms with Crippen molar-refractivity contribution >= 4 is 11.7 Å². The van der Waals surface area contributed by atoms with Gasteiger partial charge in [0.15, 0.2) is 5.78 Å². The molecule has 1 aliphatic carbocycles. The molecule has 0 atom stereocenters. The number of carbonyl (C=O) groups is 2. The van der Waals surface area contributed by atoms with E-state index < -0.39 is 0 Å². The Morgan fingerprint density at radius 1 is 1.36 bits per heavy atom. The van der Waals surface area contributed by atoms with Crippen LogP contribution >= 0.6 is 0 Å². The maximum atomic E-state index is 11.5. The van der Waals surface area contributed by atoms with Crippen molar-refractivity contribution < 1.29 is 9.59 Å². The number of nitrogens with zero attached hydrogens (tertiary/aromatic N) is 1. The van der Waals surface area contributed by atoms with Crippen molar-refractivity contribution in [3.63, 3.8) is 0 Å². The van der Waals surface area contributed by atoms with Crippen molar-refractivity contribution in [1.82, 2.24) is 4.90 Å². The van der Waals surface area contributed by atoms with E-state index in [0.717, 1.165) is 6.42 Å². The van der Waals surface area contributed by atoms with Gasteiger partial charge in [-0.2, -0.15) is 0 Å². The summed E-state index contributed by atoms with van der Waals surface area (Å²) in [5, 5.41) is 0. The number of likely N-dealkylation sites (N-methyl/N-ethyl adjacent to an activating group) is 1. The van der Waals surface area contributed by atoms with Crippen LogP contribution in [0, 0.1) is 0 Å². The number of hydrogen-bond acceptors (Lipinski definition) is 2. The molecule has 0 aromatic carbocycles. The summed E-state index contributed by atoms with van der Waals surface area (Å²) >= 11 is 0. The molecule has 1 saturated heterocycles. The first kappa shape index (κ1) is 9.19. The predicted octanol–water partition coefficient (Wildman–Crippen LogP) is 1.06. The SMILES string of the molecule is CCN1C(=O)CCC12C=CC(=O)C=C2. The normalized spacial score (nSPS) is 23.9. The first-order valence-corrected chi connectivity index (χ1v) is 4.91. The molecule has 1 heterocycles. The van der Waals surface area contributed by atoms with Crippen molar-refractivity contribution in [3.05, 3.63) is 24.3 Å². The fourth-order valence-electron chi connectivity index (χ4n) is 2.19. The standard InChI is InChI=1S/C11H13NO2/c1-2-12-10(14)5-8-11(12)6-3-9(13)4-7-11/h3-4,6-7H,2,5,8H2,1H3. The van der Waals surface area contributed by atoms with Crippen molar-refractivity contribution in [2.45, 2.75) is 25.3 Å². The highest BCUT2D eigenvalue weighted by Crippen LogP contribution is 2.34. The zero-order valence-electron chi connectivity index (χ0n) is 8.19. The van der Waals surface area contributed by atoms with E-state index in [4.69, 9.17) is 0 Å². The Labute approximate surface area is 83.1 Å². The molecule has 0 radical (unpaired) electrons. The zero-order chi connectivity index (χ0) is 10.2. The number of allylic oxidation sites excluding steroid dienone is 2. The van der Waals surface area contributed by atoms with Crippen molar-refractivity contribution in [1.29, 1.82) is 0 Å². The molecular formula is C11H13NO2. The van der Waals surface area contributed by atoms with Gasteiger partial charge in [-0.15, -0.1) is 0 Å². The fraction of sp³-hybridized carbons (Fsp3) is 0.455. The first-order chi connectivity index (χ1) is 6.68. The lowest BCUT2D eigenvalue weighted by Gasteiger charge is -2.33. The lowest BCUT2D eigenvalue weighted by molar-refractivity contribution is -0.129. The lowest BCUT2D eigenvalue weighted by Crippen LogP contribution is -2.43. The Morgan fingerprint density at radius 2 is 2.00 bits per heavy atom. The first-order valence-electron chi connectivity index (χ1n) is 4.91. The summed E-state index contributed by atoms with van der Waals surface area (Å²) in [6, 6.07) is 0. The third-order valence-corrected chi connectivity index (χ3v) is 2.93. The van der Waals surface area contributed by atoms with Gasteiger partial charge in [-0.3, -0.25) is 9.59 Å². The number of amides is 1. The number of ketones is 1. The minimum Gasteiger partial charge on any atom is -0.330 e. The Balaban J connectivity index is 2.33. The number of carbonyl (C=O) groups excluding carboxylic acids is 2. The molecule has 1 aliphatic heterocycles. The molecule has 0 saturated carbocycles. The van der Waals surface area contributed by atoms with Crippen LogP contribution in [-0.2, 0) is 9.59 Å². The topological polar surface area (TPSA) is 37.4 Å². The monoisotopic (exact) mass is 191 g/mol. The van der Waals surface area contributed by atoms with Crippen LogP contribution in [0.4, 0.5) is 0 Å². The molecular weight excluding hydrogens is 178 g/mol. The Hall–Kier alpha value is -1.38. The highest BCUT2D eigenvalue weighted by molar-refractivity contribution is 6.01. The lowest BCUT2D eigenvalue weighted by atomic mass is 9.91. The molecule has 2 aliphatic rings. The van der Waals surface area contributed by atoms with Gasteiger partial charge in [0, 0.05) is 13.0 Å². The summed E-state index contributed by atoms with van der Waals surface area (Å²) in [6.07, 6.45) is 8.19. The minimum atomic E-state index is -0.306. The molecule has 14 heavy (non-hydrogen) atoms. The smallest absolute Gasteiger partial charge is 0.223 e. The third kappa shape index (κ3) is 1.20. The second-order valence-corrected chi connectivity index (χ2v) is 3.70. The van der Waals surface area contributed by atoms with Crippen LogP contribution < -0.4 is 0 Å². The fourth-order valence-corrected chi connectivity index (χ4v) is 2.19. The van der Waals surface area contributed by atoms with Gasteiger partial charge in [0.05, 0.1) is 5.54 Å². The molecule has 2 rings (SSSR count). The van der Waals surface area contributed by atoms with Crippen molar-refractivity contribution in [3.8, 4) is 0 Å². The highest BCUT2D eigenvalue weighted by atomic mass is 16.2. The largest absolute Gasteiger partial charge is 0.330 e. The molecule has 0 unspecified atom stereocenters. The maximum Gasteiger partial charge on any atom is 0.223 e. The zero-order valence-corrected chi connectivity index (χ0v) is 8.19. The van der Waals surface area contributed by atoms with Crippen LogP contribution in [0.5, 0.6) is 0 Å². The molecule has 1 spiro atoms. The molecule has 3 nitrogen and oxygen atoms in total. The predicted molar refractivity (Wildman–Crippen MR) is 52.6 cm³/mol. The number of hydrogen-bond donors (Lipinski definition) is 0. The average molecular weight is 191 g/mol. The van der Waals surface area contributed by atoms with Crippen LogP contribution in [0.2, 0.25) is 0 Å². The Kier molecular flexibility index (Phi) is 2.02. The summed E-state index contributed by atoms with van der Waals surface area (Å²) in [6.45, 7) is 2.66. The minimum absolute atomic E-state index is 0.00558. The summed E-state index contributed by atoms with van der Waals surface area (Å²) in [7, 11) is 0. The molecule has 3 heteroatoms. The average Bonchev–Trinajstić information content (AvgIpc) is 2.49. The summed E-state index contributed by atoms with van der Waals surface area (Å²) in [5.41, 5.74) is -0.306. The molecule has 0 aromatic rings. The molecule has 74 valence electrons. The molecule has 1 amide bonds. The summed E-state index contributed by atoms with van der Waals surface area (Å²) in [5.74, 6) is 0.183. The van der Waals surface area contributed by atoms with Crippen LogP contribution in [0.15, 0.2) is 24.3 Å². The number of likely N-dealkylation sites (tertiary alicyclic amines) is 1. The van der Waals surface area contributed by atoms with E-state index in [1.165, 1.54) is 0 Å². The highest BCUT2D eigenvalue weighted by Gasteiger charge is 2.41.